The molecule has 0 radical (unpaired) electrons. The van der Waals surface area contributed by atoms with Crippen molar-refractivity contribution in [3.63, 3.8) is 0 Å². The predicted molar refractivity (Wildman–Crippen MR) is 113 cm³/mol. The van der Waals surface area contributed by atoms with Gasteiger partial charge in [0.15, 0.2) is 6.61 Å². The Bertz CT molecular complexity index is 807. The normalized spacial score (nSPS) is 11.7. The number of benzene rings is 2. The van der Waals surface area contributed by atoms with Crippen LogP contribution >= 0.6 is 11.6 Å². The lowest BCUT2D eigenvalue weighted by Crippen LogP contribution is -2.50. The Hall–Kier alpha value is -2.73. The molecule has 0 aliphatic heterocycles. The number of hydrogen-bond donors (Lipinski definition) is 1. The van der Waals surface area contributed by atoms with Crippen molar-refractivity contribution < 1.29 is 19.1 Å². The lowest BCUT2D eigenvalue weighted by Gasteiger charge is -2.29. The number of methoxy groups -OCH3 is 1. The van der Waals surface area contributed by atoms with Crippen LogP contribution in [0.5, 0.6) is 11.5 Å². The number of carbonyl (C=O) groups is 2. The van der Waals surface area contributed by atoms with Gasteiger partial charge in [-0.3, -0.25) is 9.59 Å². The average molecular weight is 419 g/mol. The van der Waals surface area contributed by atoms with Gasteiger partial charge in [0.05, 0.1) is 7.11 Å². The molecule has 6 nitrogen and oxygen atoms in total. The molecule has 0 heterocycles. The lowest BCUT2D eigenvalue weighted by molar-refractivity contribution is -0.142. The molecule has 1 N–H and O–H groups in total. The number of nitrogens with one attached hydrogen (secondary N) is 1. The van der Waals surface area contributed by atoms with Gasteiger partial charge in [0.25, 0.3) is 5.91 Å². The minimum atomic E-state index is -0.652. The fraction of sp³-hybridized carbons (Fsp3) is 0.364. The Labute approximate surface area is 176 Å². The molecule has 2 aromatic rings. The molecule has 0 spiro atoms. The van der Waals surface area contributed by atoms with E-state index in [9.17, 15) is 9.59 Å². The summed E-state index contributed by atoms with van der Waals surface area (Å²) in [4.78, 5) is 26.9. The maximum atomic E-state index is 12.9. The predicted octanol–water partition coefficient (Wildman–Crippen LogP) is 3.67. The zero-order valence-electron chi connectivity index (χ0n) is 17.1. The van der Waals surface area contributed by atoms with Crippen molar-refractivity contribution in [3.05, 3.63) is 59.1 Å². The van der Waals surface area contributed by atoms with Crippen molar-refractivity contribution in [2.24, 2.45) is 0 Å². The first kappa shape index (κ1) is 22.6. The summed E-state index contributed by atoms with van der Waals surface area (Å²) in [6.07, 6.45) is 0. The molecule has 0 saturated heterocycles. The van der Waals surface area contributed by atoms with Crippen LogP contribution in [0.25, 0.3) is 0 Å². The fourth-order valence-electron chi connectivity index (χ4n) is 2.67. The van der Waals surface area contributed by atoms with Gasteiger partial charge in [-0.15, -0.1) is 0 Å². The van der Waals surface area contributed by atoms with Crippen LogP contribution in [0.4, 0.5) is 0 Å². The second-order valence-electron chi connectivity index (χ2n) is 6.95. The van der Waals surface area contributed by atoms with Gasteiger partial charge in [0, 0.05) is 17.6 Å². The molecule has 7 heteroatoms. The largest absolute Gasteiger partial charge is 0.497 e. The highest BCUT2D eigenvalue weighted by Gasteiger charge is 2.26. The van der Waals surface area contributed by atoms with E-state index in [1.807, 2.05) is 38.1 Å². The van der Waals surface area contributed by atoms with E-state index in [1.54, 1.807) is 38.3 Å². The van der Waals surface area contributed by atoms with Crippen molar-refractivity contribution in [2.45, 2.75) is 39.4 Å². The van der Waals surface area contributed by atoms with Crippen molar-refractivity contribution in [2.75, 3.05) is 13.7 Å². The highest BCUT2D eigenvalue weighted by Crippen LogP contribution is 2.17. The first-order valence-corrected chi connectivity index (χ1v) is 9.79. The van der Waals surface area contributed by atoms with Gasteiger partial charge in [0.2, 0.25) is 5.91 Å². The maximum absolute atomic E-state index is 12.9. The van der Waals surface area contributed by atoms with Gasteiger partial charge in [-0.1, -0.05) is 23.7 Å². The number of ether oxygens (including phenoxy) is 2. The van der Waals surface area contributed by atoms with Crippen LogP contribution in [0.2, 0.25) is 5.02 Å². The molecule has 2 amide bonds. The van der Waals surface area contributed by atoms with Crippen LogP contribution in [-0.2, 0) is 16.1 Å². The Balaban J connectivity index is 2.13. The number of amides is 2. The van der Waals surface area contributed by atoms with Gasteiger partial charge in [0.1, 0.15) is 17.5 Å². The molecular weight excluding hydrogens is 392 g/mol. The average Bonchev–Trinajstić information content (AvgIpc) is 2.70. The van der Waals surface area contributed by atoms with Crippen LogP contribution in [0.1, 0.15) is 26.3 Å². The number of hydrogen-bond acceptors (Lipinski definition) is 4. The van der Waals surface area contributed by atoms with Crippen LogP contribution < -0.4 is 14.8 Å². The van der Waals surface area contributed by atoms with E-state index in [-0.39, 0.29) is 31.0 Å². The van der Waals surface area contributed by atoms with Crippen molar-refractivity contribution in [1.82, 2.24) is 10.2 Å². The zero-order chi connectivity index (χ0) is 21.4. The van der Waals surface area contributed by atoms with Crippen LogP contribution in [0.3, 0.4) is 0 Å². The minimum absolute atomic E-state index is 0.0202. The third-order valence-corrected chi connectivity index (χ3v) is 4.54. The molecule has 0 saturated carbocycles. The standard InChI is InChI=1S/C22H27ClN2O4/c1-15(2)24-22(27)16(3)25(13-17-5-9-19(28-4)10-6-17)21(26)14-29-20-11-7-18(23)8-12-20/h5-12,15-16H,13-14H2,1-4H3,(H,24,27)/t16-/m0/s1. The topological polar surface area (TPSA) is 67.9 Å². The van der Waals surface area contributed by atoms with Gasteiger partial charge in [-0.05, 0) is 62.7 Å². The molecule has 0 unspecified atom stereocenters. The van der Waals surface area contributed by atoms with Crippen LogP contribution in [-0.4, -0.2) is 42.5 Å². The monoisotopic (exact) mass is 418 g/mol. The van der Waals surface area contributed by atoms with Crippen molar-refractivity contribution in [1.29, 1.82) is 0 Å². The molecule has 156 valence electrons. The van der Waals surface area contributed by atoms with Crippen LogP contribution in [0.15, 0.2) is 48.5 Å². The Morgan fingerprint density at radius 3 is 2.14 bits per heavy atom. The molecule has 0 bridgehead atoms. The van der Waals surface area contributed by atoms with E-state index < -0.39 is 6.04 Å². The van der Waals surface area contributed by atoms with E-state index in [0.29, 0.717) is 10.8 Å². The molecule has 0 aliphatic rings. The summed E-state index contributed by atoms with van der Waals surface area (Å²) in [7, 11) is 1.59. The Kier molecular flexibility index (Phi) is 8.34. The third kappa shape index (κ3) is 6.98. The summed E-state index contributed by atoms with van der Waals surface area (Å²) < 4.78 is 10.8. The molecule has 0 aliphatic carbocycles. The van der Waals surface area contributed by atoms with Crippen molar-refractivity contribution >= 4 is 23.4 Å². The smallest absolute Gasteiger partial charge is 0.261 e. The van der Waals surface area contributed by atoms with E-state index >= 15 is 0 Å². The molecule has 29 heavy (non-hydrogen) atoms. The lowest BCUT2D eigenvalue weighted by atomic mass is 10.1. The van der Waals surface area contributed by atoms with Gasteiger partial charge in [-0.25, -0.2) is 0 Å². The Morgan fingerprint density at radius 1 is 1.00 bits per heavy atom. The fourth-order valence-corrected chi connectivity index (χ4v) is 2.80. The van der Waals surface area contributed by atoms with Crippen LogP contribution in [0, 0.1) is 0 Å². The number of carbonyl (C=O) groups excluding carboxylic acids is 2. The summed E-state index contributed by atoms with van der Waals surface area (Å²) in [5.41, 5.74) is 0.884. The number of rotatable bonds is 9. The first-order chi connectivity index (χ1) is 13.8. The van der Waals surface area contributed by atoms with E-state index in [1.165, 1.54) is 4.90 Å². The minimum Gasteiger partial charge on any atom is -0.497 e. The summed E-state index contributed by atoms with van der Waals surface area (Å²) in [5, 5.41) is 3.44. The quantitative estimate of drug-likeness (QED) is 0.674. The first-order valence-electron chi connectivity index (χ1n) is 9.41. The van der Waals surface area contributed by atoms with E-state index in [0.717, 1.165) is 11.3 Å². The summed E-state index contributed by atoms with van der Waals surface area (Å²) in [5.74, 6) is 0.755. The third-order valence-electron chi connectivity index (χ3n) is 4.29. The second kappa shape index (κ2) is 10.7. The molecule has 2 rings (SSSR count). The van der Waals surface area contributed by atoms with Gasteiger partial charge in [-0.2, -0.15) is 0 Å². The Morgan fingerprint density at radius 2 is 1.59 bits per heavy atom. The molecule has 2 aromatic carbocycles. The molecular formula is C22H27ClN2O4. The number of nitrogens with zero attached hydrogens (tertiary/aromatic N) is 1. The SMILES string of the molecule is COc1ccc(CN(C(=O)COc2ccc(Cl)cc2)[C@@H](C)C(=O)NC(C)C)cc1. The van der Waals surface area contributed by atoms with E-state index in [2.05, 4.69) is 5.32 Å². The highest BCUT2D eigenvalue weighted by atomic mass is 35.5. The summed E-state index contributed by atoms with van der Waals surface area (Å²) in [6.45, 7) is 5.56. The zero-order valence-corrected chi connectivity index (χ0v) is 17.9. The second-order valence-corrected chi connectivity index (χ2v) is 7.39. The van der Waals surface area contributed by atoms with Gasteiger partial charge < -0.3 is 19.7 Å². The molecule has 1 atom stereocenters. The summed E-state index contributed by atoms with van der Waals surface area (Å²) in [6, 6.07) is 13.5. The number of halogens is 1. The van der Waals surface area contributed by atoms with Crippen molar-refractivity contribution in [3.8, 4) is 11.5 Å². The van der Waals surface area contributed by atoms with Gasteiger partial charge >= 0.3 is 0 Å². The summed E-state index contributed by atoms with van der Waals surface area (Å²) >= 11 is 5.87. The highest BCUT2D eigenvalue weighted by molar-refractivity contribution is 6.30. The molecule has 0 fully saturated rings. The van der Waals surface area contributed by atoms with E-state index in [4.69, 9.17) is 21.1 Å². The maximum Gasteiger partial charge on any atom is 0.261 e. The molecule has 0 aromatic heterocycles.